The lowest BCUT2D eigenvalue weighted by molar-refractivity contribution is -0.121. The Morgan fingerprint density at radius 2 is 1.78 bits per heavy atom. The Hall–Kier alpha value is -1.58. The van der Waals surface area contributed by atoms with E-state index in [0.717, 1.165) is 17.1 Å². The second kappa shape index (κ2) is 6.38. The summed E-state index contributed by atoms with van der Waals surface area (Å²) in [6.07, 6.45) is 0. The monoisotopic (exact) mass is 249 g/mol. The van der Waals surface area contributed by atoms with Gasteiger partial charge in [0.2, 0.25) is 5.91 Å². The molecule has 0 bridgehead atoms. The lowest BCUT2D eigenvalue weighted by atomic mass is 10.2. The van der Waals surface area contributed by atoms with Crippen molar-refractivity contribution in [1.29, 1.82) is 0 Å². The van der Waals surface area contributed by atoms with Gasteiger partial charge < -0.3 is 10.6 Å². The van der Waals surface area contributed by atoms with Crippen molar-refractivity contribution in [1.82, 2.24) is 10.3 Å². The van der Waals surface area contributed by atoms with E-state index in [0.29, 0.717) is 12.5 Å². The molecular formula is C14H23N3O. The normalized spacial score (nSPS) is 12.3. The Morgan fingerprint density at radius 3 is 2.28 bits per heavy atom. The van der Waals surface area contributed by atoms with E-state index in [1.807, 2.05) is 32.9 Å². The van der Waals surface area contributed by atoms with Gasteiger partial charge in [0.05, 0.1) is 0 Å². The number of rotatable bonds is 5. The van der Waals surface area contributed by atoms with Crippen LogP contribution in [-0.4, -0.2) is 23.5 Å². The molecular weight excluding hydrogens is 226 g/mol. The van der Waals surface area contributed by atoms with Crippen LogP contribution in [0.3, 0.4) is 0 Å². The summed E-state index contributed by atoms with van der Waals surface area (Å²) >= 11 is 0. The van der Waals surface area contributed by atoms with Crippen molar-refractivity contribution in [3.8, 4) is 0 Å². The van der Waals surface area contributed by atoms with Gasteiger partial charge in [0.15, 0.2) is 0 Å². The molecule has 18 heavy (non-hydrogen) atoms. The van der Waals surface area contributed by atoms with Crippen LogP contribution in [0.1, 0.15) is 32.2 Å². The summed E-state index contributed by atoms with van der Waals surface area (Å²) in [4.78, 5) is 16.1. The number of nitrogens with one attached hydrogen (secondary N) is 2. The van der Waals surface area contributed by atoms with Crippen LogP contribution in [0.2, 0.25) is 0 Å². The number of nitrogens with zero attached hydrogens (tertiary/aromatic N) is 1. The molecule has 0 saturated heterocycles. The molecule has 4 nitrogen and oxygen atoms in total. The summed E-state index contributed by atoms with van der Waals surface area (Å²) in [7, 11) is 0. The summed E-state index contributed by atoms with van der Waals surface area (Å²) in [6.45, 7) is 10.6. The molecule has 1 heterocycles. The standard InChI is InChI=1S/C14H23N3O/c1-9(2)8-15-14(18)12(5)17-13-6-10(3)16-11(4)7-13/h6-7,9,12H,8H2,1-5H3,(H,15,18)(H,16,17). The van der Waals surface area contributed by atoms with Gasteiger partial charge in [-0.1, -0.05) is 13.8 Å². The number of hydrogen-bond acceptors (Lipinski definition) is 3. The zero-order valence-corrected chi connectivity index (χ0v) is 11.9. The predicted octanol–water partition coefficient (Wildman–Crippen LogP) is 2.27. The van der Waals surface area contributed by atoms with Crippen molar-refractivity contribution in [3.63, 3.8) is 0 Å². The molecule has 100 valence electrons. The van der Waals surface area contributed by atoms with E-state index in [4.69, 9.17) is 0 Å². The fraction of sp³-hybridized carbons (Fsp3) is 0.571. The van der Waals surface area contributed by atoms with Crippen molar-refractivity contribution >= 4 is 11.6 Å². The Labute approximate surface area is 109 Å². The maximum absolute atomic E-state index is 11.8. The van der Waals surface area contributed by atoms with E-state index >= 15 is 0 Å². The first kappa shape index (κ1) is 14.5. The number of aryl methyl sites for hydroxylation is 2. The zero-order chi connectivity index (χ0) is 13.7. The number of anilines is 1. The first-order valence-corrected chi connectivity index (χ1v) is 6.38. The third kappa shape index (κ3) is 4.73. The van der Waals surface area contributed by atoms with Crippen LogP contribution in [-0.2, 0) is 4.79 Å². The Kier molecular flexibility index (Phi) is 5.13. The molecule has 0 aliphatic carbocycles. The molecule has 1 amide bonds. The zero-order valence-electron chi connectivity index (χ0n) is 11.9. The molecule has 1 aromatic rings. The fourth-order valence-electron chi connectivity index (χ4n) is 1.69. The van der Waals surface area contributed by atoms with Crippen LogP contribution < -0.4 is 10.6 Å². The highest BCUT2D eigenvalue weighted by atomic mass is 16.2. The Morgan fingerprint density at radius 1 is 1.22 bits per heavy atom. The highest BCUT2D eigenvalue weighted by molar-refractivity contribution is 5.84. The van der Waals surface area contributed by atoms with Crippen molar-refractivity contribution < 1.29 is 4.79 Å². The lowest BCUT2D eigenvalue weighted by Crippen LogP contribution is -2.39. The minimum atomic E-state index is -0.245. The SMILES string of the molecule is Cc1cc(NC(C)C(=O)NCC(C)C)cc(C)n1. The van der Waals surface area contributed by atoms with Crippen LogP contribution in [0.15, 0.2) is 12.1 Å². The number of hydrogen-bond donors (Lipinski definition) is 2. The van der Waals surface area contributed by atoms with Crippen molar-refractivity contribution in [3.05, 3.63) is 23.5 Å². The second-order valence-corrected chi connectivity index (χ2v) is 5.14. The molecule has 0 radical (unpaired) electrons. The van der Waals surface area contributed by atoms with Gasteiger partial charge in [-0.15, -0.1) is 0 Å². The number of pyridine rings is 1. The summed E-state index contributed by atoms with van der Waals surface area (Å²) in [5.41, 5.74) is 2.84. The van der Waals surface area contributed by atoms with Gasteiger partial charge in [-0.05, 0) is 38.8 Å². The van der Waals surface area contributed by atoms with Crippen LogP contribution >= 0.6 is 0 Å². The third-order valence-electron chi connectivity index (χ3n) is 2.54. The highest BCUT2D eigenvalue weighted by Crippen LogP contribution is 2.11. The van der Waals surface area contributed by atoms with Crippen molar-refractivity contribution in [2.45, 2.75) is 40.7 Å². The topological polar surface area (TPSA) is 54.0 Å². The van der Waals surface area contributed by atoms with Crippen LogP contribution in [0, 0.1) is 19.8 Å². The average Bonchev–Trinajstić information content (AvgIpc) is 2.24. The fourth-order valence-corrected chi connectivity index (χ4v) is 1.69. The van der Waals surface area contributed by atoms with E-state index in [9.17, 15) is 4.79 Å². The van der Waals surface area contributed by atoms with Crippen LogP contribution in [0.5, 0.6) is 0 Å². The third-order valence-corrected chi connectivity index (χ3v) is 2.54. The van der Waals surface area contributed by atoms with Gasteiger partial charge in [0, 0.05) is 23.6 Å². The van der Waals surface area contributed by atoms with E-state index in [1.165, 1.54) is 0 Å². The molecule has 1 atom stereocenters. The van der Waals surface area contributed by atoms with Gasteiger partial charge >= 0.3 is 0 Å². The molecule has 1 unspecified atom stereocenters. The summed E-state index contributed by atoms with van der Waals surface area (Å²) < 4.78 is 0. The largest absolute Gasteiger partial charge is 0.374 e. The second-order valence-electron chi connectivity index (χ2n) is 5.14. The van der Waals surface area contributed by atoms with Crippen molar-refractivity contribution in [2.24, 2.45) is 5.92 Å². The number of carbonyl (C=O) groups excluding carboxylic acids is 1. The molecule has 0 aliphatic rings. The number of carbonyl (C=O) groups is 1. The first-order valence-electron chi connectivity index (χ1n) is 6.38. The first-order chi connectivity index (χ1) is 8.38. The maximum Gasteiger partial charge on any atom is 0.242 e. The quantitative estimate of drug-likeness (QED) is 0.841. The van der Waals surface area contributed by atoms with Gasteiger partial charge in [0.25, 0.3) is 0 Å². The van der Waals surface area contributed by atoms with E-state index in [2.05, 4.69) is 29.5 Å². The van der Waals surface area contributed by atoms with E-state index in [-0.39, 0.29) is 11.9 Å². The molecule has 1 aromatic heterocycles. The minimum Gasteiger partial charge on any atom is -0.374 e. The lowest BCUT2D eigenvalue weighted by Gasteiger charge is -2.16. The summed E-state index contributed by atoms with van der Waals surface area (Å²) in [5, 5.41) is 6.11. The molecule has 2 N–H and O–H groups in total. The summed E-state index contributed by atoms with van der Waals surface area (Å²) in [6, 6.07) is 3.64. The van der Waals surface area contributed by atoms with Gasteiger partial charge in [-0.2, -0.15) is 0 Å². The van der Waals surface area contributed by atoms with E-state index in [1.54, 1.807) is 0 Å². The van der Waals surface area contributed by atoms with Crippen molar-refractivity contribution in [2.75, 3.05) is 11.9 Å². The molecule has 0 spiro atoms. The smallest absolute Gasteiger partial charge is 0.242 e. The Balaban J connectivity index is 2.58. The highest BCUT2D eigenvalue weighted by Gasteiger charge is 2.12. The maximum atomic E-state index is 11.8. The summed E-state index contributed by atoms with van der Waals surface area (Å²) in [5.74, 6) is 0.488. The van der Waals surface area contributed by atoms with Crippen LogP contribution in [0.4, 0.5) is 5.69 Å². The van der Waals surface area contributed by atoms with Gasteiger partial charge in [-0.25, -0.2) is 0 Å². The molecule has 0 fully saturated rings. The van der Waals surface area contributed by atoms with Gasteiger partial charge in [-0.3, -0.25) is 9.78 Å². The van der Waals surface area contributed by atoms with Gasteiger partial charge in [0.1, 0.15) is 6.04 Å². The molecule has 0 aromatic carbocycles. The van der Waals surface area contributed by atoms with E-state index < -0.39 is 0 Å². The number of aromatic nitrogens is 1. The predicted molar refractivity (Wildman–Crippen MR) is 74.6 cm³/mol. The number of amides is 1. The molecule has 0 saturated carbocycles. The molecule has 1 rings (SSSR count). The molecule has 0 aliphatic heterocycles. The molecule has 4 heteroatoms. The van der Waals surface area contributed by atoms with Crippen LogP contribution in [0.25, 0.3) is 0 Å². The average molecular weight is 249 g/mol. The Bertz CT molecular complexity index is 395. The minimum absolute atomic E-state index is 0.0239.